The summed E-state index contributed by atoms with van der Waals surface area (Å²) in [4.78, 5) is 22.3. The van der Waals surface area contributed by atoms with Crippen molar-refractivity contribution in [3.8, 4) is 11.6 Å². The zero-order valence-electron chi connectivity index (χ0n) is 17.0. The van der Waals surface area contributed by atoms with Crippen molar-refractivity contribution in [2.24, 2.45) is 0 Å². The van der Waals surface area contributed by atoms with Crippen molar-refractivity contribution < 1.29 is 37.5 Å². The second kappa shape index (κ2) is 8.77. The smallest absolute Gasteiger partial charge is 0.339 e. The lowest BCUT2D eigenvalue weighted by atomic mass is 10.1. The Labute approximate surface area is 192 Å². The van der Waals surface area contributed by atoms with Crippen LogP contribution in [0.3, 0.4) is 0 Å². The van der Waals surface area contributed by atoms with Crippen LogP contribution in [0.1, 0.15) is 20.7 Å². The molecular weight excluding hydrogens is 466 g/mol. The third kappa shape index (κ3) is 4.77. The van der Waals surface area contributed by atoms with Gasteiger partial charge in [-0.1, -0.05) is 18.2 Å². The number of carboxylic acid groups (broad SMARTS) is 2. The number of ether oxygens (including phenoxy) is 1. The molecule has 0 saturated carbocycles. The van der Waals surface area contributed by atoms with Crippen molar-refractivity contribution >= 4 is 44.3 Å². The average Bonchev–Trinajstić information content (AvgIpc) is 2.79. The highest BCUT2D eigenvalue weighted by Gasteiger charge is 2.17. The van der Waals surface area contributed by atoms with E-state index in [4.69, 9.17) is 9.84 Å². The lowest BCUT2D eigenvalue weighted by molar-refractivity contribution is 0.0693. The zero-order chi connectivity index (χ0) is 24.5. The summed E-state index contributed by atoms with van der Waals surface area (Å²) in [6.45, 7) is 0. The standard InChI is InChI=1S/C22H15N3O8S/c26-21(27)13-5-7-18(16(10-13)22(28)29)33-20-9-8-19(24-25-20)23-17-3-1-2-12-4-6-14(11-15(12)17)34(30,31)32/h1-11H,(H,23,24)(H,26,27)(H,28,29)(H,30,31,32). The van der Waals surface area contributed by atoms with Gasteiger partial charge in [0.05, 0.1) is 10.5 Å². The summed E-state index contributed by atoms with van der Waals surface area (Å²) in [5, 5.41) is 30.5. The van der Waals surface area contributed by atoms with Gasteiger partial charge in [0.15, 0.2) is 5.82 Å². The van der Waals surface area contributed by atoms with Crippen molar-refractivity contribution in [1.82, 2.24) is 10.2 Å². The number of hydrogen-bond donors (Lipinski definition) is 4. The highest BCUT2D eigenvalue weighted by atomic mass is 32.2. The van der Waals surface area contributed by atoms with Crippen molar-refractivity contribution in [1.29, 1.82) is 0 Å². The Hall–Kier alpha value is -4.55. The lowest BCUT2D eigenvalue weighted by Gasteiger charge is -2.11. The van der Waals surface area contributed by atoms with E-state index in [9.17, 15) is 27.7 Å². The Morgan fingerprint density at radius 2 is 1.68 bits per heavy atom. The molecule has 172 valence electrons. The van der Waals surface area contributed by atoms with Crippen LogP contribution in [0.25, 0.3) is 10.8 Å². The van der Waals surface area contributed by atoms with Crippen molar-refractivity contribution in [3.63, 3.8) is 0 Å². The first kappa shape index (κ1) is 22.6. The first-order valence-corrected chi connectivity index (χ1v) is 11.0. The Morgan fingerprint density at radius 3 is 2.32 bits per heavy atom. The van der Waals surface area contributed by atoms with Gasteiger partial charge >= 0.3 is 11.9 Å². The topological polar surface area (TPSA) is 176 Å². The number of aromatic carboxylic acids is 2. The molecule has 34 heavy (non-hydrogen) atoms. The molecule has 3 aromatic carbocycles. The zero-order valence-corrected chi connectivity index (χ0v) is 17.9. The van der Waals surface area contributed by atoms with Gasteiger partial charge < -0.3 is 20.3 Å². The quantitative estimate of drug-likeness (QED) is 0.282. The predicted molar refractivity (Wildman–Crippen MR) is 120 cm³/mol. The van der Waals surface area contributed by atoms with Crippen LogP contribution in [0.15, 0.2) is 71.6 Å². The molecule has 0 amide bonds. The SMILES string of the molecule is O=C(O)c1ccc(Oc2ccc(Nc3cccc4ccc(S(=O)(=O)O)cc34)nn2)c(C(=O)O)c1. The molecule has 0 unspecified atom stereocenters. The molecular formula is C22H15N3O8S. The highest BCUT2D eigenvalue weighted by Crippen LogP contribution is 2.29. The first-order chi connectivity index (χ1) is 16.1. The first-order valence-electron chi connectivity index (χ1n) is 9.51. The fraction of sp³-hybridized carbons (Fsp3) is 0. The molecule has 0 aliphatic carbocycles. The highest BCUT2D eigenvalue weighted by molar-refractivity contribution is 7.85. The fourth-order valence-corrected chi connectivity index (χ4v) is 3.64. The van der Waals surface area contributed by atoms with Gasteiger partial charge in [-0.2, -0.15) is 8.42 Å². The molecule has 0 saturated heterocycles. The Balaban J connectivity index is 1.59. The number of carbonyl (C=O) groups is 2. The maximum absolute atomic E-state index is 11.5. The van der Waals surface area contributed by atoms with Crippen molar-refractivity contribution in [2.75, 3.05) is 5.32 Å². The maximum Gasteiger partial charge on any atom is 0.339 e. The number of aromatic nitrogens is 2. The van der Waals surface area contributed by atoms with Crippen LogP contribution in [0, 0.1) is 0 Å². The summed E-state index contributed by atoms with van der Waals surface area (Å²) in [5.74, 6) is -2.52. The van der Waals surface area contributed by atoms with Gasteiger partial charge in [0.2, 0.25) is 5.88 Å². The summed E-state index contributed by atoms with van der Waals surface area (Å²) in [6, 6.07) is 15.7. The third-order valence-corrected chi connectivity index (χ3v) is 5.58. The van der Waals surface area contributed by atoms with Crippen LogP contribution < -0.4 is 10.1 Å². The van der Waals surface area contributed by atoms with Crippen molar-refractivity contribution in [3.05, 3.63) is 77.9 Å². The van der Waals surface area contributed by atoms with Gasteiger partial charge in [-0.05, 0) is 47.9 Å². The third-order valence-electron chi connectivity index (χ3n) is 4.73. The van der Waals surface area contributed by atoms with E-state index in [1.165, 1.54) is 36.4 Å². The molecule has 0 aliphatic rings. The molecule has 0 radical (unpaired) electrons. The summed E-state index contributed by atoms with van der Waals surface area (Å²) in [7, 11) is -4.38. The van der Waals surface area contributed by atoms with Crippen LogP contribution in [0.2, 0.25) is 0 Å². The number of anilines is 2. The molecule has 0 bridgehead atoms. The summed E-state index contributed by atoms with van der Waals surface area (Å²) in [5.41, 5.74) is -0.0553. The largest absolute Gasteiger partial charge is 0.478 e. The average molecular weight is 481 g/mol. The fourth-order valence-electron chi connectivity index (χ4n) is 3.13. The van der Waals surface area contributed by atoms with Gasteiger partial charge in [-0.25, -0.2) is 9.59 Å². The van der Waals surface area contributed by atoms with Crippen LogP contribution in [0.5, 0.6) is 11.6 Å². The molecule has 0 spiro atoms. The molecule has 12 heteroatoms. The van der Waals surface area contributed by atoms with E-state index >= 15 is 0 Å². The van der Waals surface area contributed by atoms with E-state index in [1.807, 2.05) is 0 Å². The molecule has 0 atom stereocenters. The minimum absolute atomic E-state index is 0.0392. The van der Waals surface area contributed by atoms with E-state index in [0.29, 0.717) is 11.1 Å². The minimum atomic E-state index is -4.38. The molecule has 1 heterocycles. The van der Waals surface area contributed by atoms with Crippen LogP contribution in [0.4, 0.5) is 11.5 Å². The second-order valence-corrected chi connectivity index (χ2v) is 8.39. The summed E-state index contributed by atoms with van der Waals surface area (Å²) < 4.78 is 37.8. The molecule has 1 aromatic heterocycles. The second-order valence-electron chi connectivity index (χ2n) is 6.97. The number of hydrogen-bond acceptors (Lipinski definition) is 8. The minimum Gasteiger partial charge on any atom is -0.478 e. The Bertz CT molecular complexity index is 1540. The van der Waals surface area contributed by atoms with Crippen LogP contribution in [-0.4, -0.2) is 45.3 Å². The number of benzene rings is 3. The van der Waals surface area contributed by atoms with Crippen LogP contribution in [-0.2, 0) is 10.1 Å². The van der Waals surface area contributed by atoms with E-state index < -0.39 is 22.1 Å². The Kier molecular flexibility index (Phi) is 5.84. The number of rotatable bonds is 7. The molecule has 11 nitrogen and oxygen atoms in total. The van der Waals surface area contributed by atoms with Crippen molar-refractivity contribution in [2.45, 2.75) is 4.90 Å². The number of nitrogens with zero attached hydrogens (tertiary/aromatic N) is 2. The summed E-state index contributed by atoms with van der Waals surface area (Å²) in [6.07, 6.45) is 0. The van der Waals surface area contributed by atoms with Gasteiger partial charge in [0, 0.05) is 17.1 Å². The number of nitrogens with one attached hydrogen (secondary N) is 1. The molecule has 0 fully saturated rings. The van der Waals surface area contributed by atoms with E-state index in [-0.39, 0.29) is 33.5 Å². The molecule has 4 rings (SSSR count). The Morgan fingerprint density at radius 1 is 0.882 bits per heavy atom. The van der Waals surface area contributed by atoms with Gasteiger partial charge in [-0.15, -0.1) is 10.2 Å². The molecule has 4 aromatic rings. The van der Waals surface area contributed by atoms with Gasteiger partial charge in [-0.3, -0.25) is 4.55 Å². The lowest BCUT2D eigenvalue weighted by Crippen LogP contribution is -2.05. The maximum atomic E-state index is 11.5. The van der Waals surface area contributed by atoms with E-state index in [1.54, 1.807) is 24.3 Å². The molecule has 4 N–H and O–H groups in total. The number of carboxylic acids is 2. The summed E-state index contributed by atoms with van der Waals surface area (Å²) >= 11 is 0. The normalized spacial score (nSPS) is 11.2. The predicted octanol–water partition coefficient (Wildman–Crippen LogP) is 3.81. The monoisotopic (exact) mass is 481 g/mol. The number of fused-ring (bicyclic) bond motifs is 1. The van der Waals surface area contributed by atoms with E-state index in [0.717, 1.165) is 11.5 Å². The van der Waals surface area contributed by atoms with E-state index in [2.05, 4.69) is 15.5 Å². The van der Waals surface area contributed by atoms with Gasteiger partial charge in [0.1, 0.15) is 11.3 Å². The van der Waals surface area contributed by atoms with Gasteiger partial charge in [0.25, 0.3) is 10.1 Å². The van der Waals surface area contributed by atoms with Crippen LogP contribution >= 0.6 is 0 Å². The molecule has 0 aliphatic heterocycles.